The number of unbranched alkanes of at least 4 members (excludes halogenated alkanes) is 1. The molecule has 6 rings (SSSR count). The molecule has 1 saturated heterocycles. The second kappa shape index (κ2) is 19.1. The number of cyclic esters (lactones) is 1. The number of esters is 4. The standard InChI is InChI=1S/C39H46N2O11S2/c1-2-39(30-23-27-24-32-33(22-26-8-3-5-10-31(26)40-32)41(27)37(45)29(30)25-51-38(39)46)52-36(44)13-7-12-35(43)50-20-18-48-16-15-47-17-19-49-34(42)11-6-4-9-28-14-21-53-54-28/h3,5,8,10,22-23,28H,2,4,6-7,9,11-21,24-25H2,1H3. The molecule has 0 bridgehead atoms. The summed E-state index contributed by atoms with van der Waals surface area (Å²) < 4.78 is 34.1. The molecule has 0 amide bonds. The average Bonchev–Trinajstić information content (AvgIpc) is 3.82. The predicted octanol–water partition coefficient (Wildman–Crippen LogP) is 5.50. The Kier molecular flexibility index (Phi) is 14.1. The molecule has 54 heavy (non-hydrogen) atoms. The largest absolute Gasteiger partial charge is 0.463 e. The number of pyridine rings is 2. The molecule has 290 valence electrons. The molecule has 1 aromatic carbocycles. The Morgan fingerprint density at radius 1 is 0.907 bits per heavy atom. The van der Waals surface area contributed by atoms with Gasteiger partial charge in [-0.15, -0.1) is 0 Å². The van der Waals surface area contributed by atoms with Crippen molar-refractivity contribution in [1.29, 1.82) is 0 Å². The van der Waals surface area contributed by atoms with Gasteiger partial charge in [-0.05, 0) is 50.3 Å². The Morgan fingerprint density at radius 2 is 1.61 bits per heavy atom. The van der Waals surface area contributed by atoms with E-state index in [9.17, 15) is 24.0 Å². The monoisotopic (exact) mass is 782 g/mol. The van der Waals surface area contributed by atoms with Crippen molar-refractivity contribution in [2.45, 2.75) is 88.6 Å². The third-order valence-corrected chi connectivity index (χ3v) is 12.7. The number of fused-ring (bicyclic) bond motifs is 5. The highest BCUT2D eigenvalue weighted by Crippen LogP contribution is 2.41. The van der Waals surface area contributed by atoms with Crippen molar-refractivity contribution in [1.82, 2.24) is 9.55 Å². The third kappa shape index (κ3) is 9.65. The lowest BCUT2D eigenvalue weighted by Crippen LogP contribution is -2.47. The molecule has 0 saturated carbocycles. The van der Waals surface area contributed by atoms with Crippen LogP contribution in [0.25, 0.3) is 16.6 Å². The molecule has 0 spiro atoms. The number of rotatable bonds is 20. The van der Waals surface area contributed by atoms with Crippen LogP contribution in [0.3, 0.4) is 0 Å². The summed E-state index contributed by atoms with van der Waals surface area (Å²) in [4.78, 5) is 69.0. The number of hydrogen-bond donors (Lipinski definition) is 0. The maximum absolute atomic E-state index is 13.8. The zero-order chi connectivity index (χ0) is 37.9. The molecular weight excluding hydrogens is 737 g/mol. The van der Waals surface area contributed by atoms with Crippen LogP contribution in [-0.4, -0.2) is 84.1 Å². The van der Waals surface area contributed by atoms with Crippen LogP contribution in [-0.2, 0) is 66.2 Å². The van der Waals surface area contributed by atoms with Crippen LogP contribution in [0.5, 0.6) is 0 Å². The van der Waals surface area contributed by atoms with E-state index in [4.69, 9.17) is 33.4 Å². The molecule has 0 aliphatic carbocycles. The van der Waals surface area contributed by atoms with Crippen molar-refractivity contribution in [3.63, 3.8) is 0 Å². The lowest BCUT2D eigenvalue weighted by Gasteiger charge is -2.35. The number of para-hydroxylation sites is 1. The zero-order valence-electron chi connectivity index (χ0n) is 30.5. The zero-order valence-corrected chi connectivity index (χ0v) is 32.1. The lowest BCUT2D eigenvalue weighted by atomic mass is 9.85. The van der Waals surface area contributed by atoms with Crippen LogP contribution in [0.4, 0.5) is 0 Å². The first kappa shape index (κ1) is 39.8. The molecule has 0 radical (unpaired) electrons. The first-order valence-electron chi connectivity index (χ1n) is 18.6. The van der Waals surface area contributed by atoms with E-state index in [-0.39, 0.29) is 82.4 Å². The Hall–Kier alpha value is -3.92. The lowest BCUT2D eigenvalue weighted by molar-refractivity contribution is -0.189. The van der Waals surface area contributed by atoms with Crippen molar-refractivity contribution in [2.75, 3.05) is 45.4 Å². The van der Waals surface area contributed by atoms with Gasteiger partial charge in [-0.3, -0.25) is 28.7 Å². The Bertz CT molecular complexity index is 1890. The SMILES string of the molecule is CCC1(OC(=O)CCCC(=O)OCCOCCOCCOC(=O)CCCCC2CCSS2)C(=O)OCc2c1cc1n(c2=O)-c2cc3ccccc3nc2C1. The van der Waals surface area contributed by atoms with Crippen LogP contribution in [0.15, 0.2) is 41.2 Å². The molecule has 2 atom stereocenters. The van der Waals surface area contributed by atoms with E-state index in [0.29, 0.717) is 36.4 Å². The van der Waals surface area contributed by atoms with Crippen LogP contribution >= 0.6 is 21.6 Å². The van der Waals surface area contributed by atoms with Crippen LogP contribution in [0, 0.1) is 0 Å². The van der Waals surface area contributed by atoms with Gasteiger partial charge >= 0.3 is 23.9 Å². The summed E-state index contributed by atoms with van der Waals surface area (Å²) in [6, 6.07) is 11.3. The molecule has 3 aromatic rings. The summed E-state index contributed by atoms with van der Waals surface area (Å²) in [7, 11) is 3.89. The van der Waals surface area contributed by atoms with E-state index in [1.165, 1.54) is 12.2 Å². The van der Waals surface area contributed by atoms with E-state index in [1.54, 1.807) is 17.6 Å². The summed E-state index contributed by atoms with van der Waals surface area (Å²) in [6.07, 6.45) is 5.12. The van der Waals surface area contributed by atoms with Gasteiger partial charge in [0.05, 0.1) is 48.9 Å². The number of hydrogen-bond acceptors (Lipinski definition) is 14. The Balaban J connectivity index is 0.868. The summed E-state index contributed by atoms with van der Waals surface area (Å²) in [6.45, 7) is 2.74. The van der Waals surface area contributed by atoms with Gasteiger partial charge in [0, 0.05) is 53.3 Å². The molecule has 5 heterocycles. The minimum Gasteiger partial charge on any atom is -0.463 e. The van der Waals surface area contributed by atoms with Gasteiger partial charge in [0.15, 0.2) is 0 Å². The first-order valence-corrected chi connectivity index (χ1v) is 21.0. The average molecular weight is 783 g/mol. The fourth-order valence-electron chi connectivity index (χ4n) is 6.82. The van der Waals surface area contributed by atoms with E-state index in [1.807, 2.05) is 51.9 Å². The highest BCUT2D eigenvalue weighted by Gasteiger charge is 2.50. The third-order valence-electron chi connectivity index (χ3n) is 9.65. The second-order valence-electron chi connectivity index (χ2n) is 13.3. The van der Waals surface area contributed by atoms with Crippen LogP contribution < -0.4 is 5.56 Å². The Morgan fingerprint density at radius 3 is 2.33 bits per heavy atom. The number of aromatic nitrogens is 2. The number of benzene rings is 1. The van der Waals surface area contributed by atoms with Gasteiger partial charge in [-0.25, -0.2) is 4.79 Å². The number of ether oxygens (including phenoxy) is 6. The number of nitrogens with zero attached hydrogens (tertiary/aromatic N) is 2. The normalized spacial score (nSPS) is 18.5. The molecule has 2 aromatic heterocycles. The van der Waals surface area contributed by atoms with E-state index < -0.39 is 23.5 Å². The predicted molar refractivity (Wildman–Crippen MR) is 202 cm³/mol. The summed E-state index contributed by atoms with van der Waals surface area (Å²) in [5.74, 6) is -0.918. The van der Waals surface area contributed by atoms with Gasteiger partial charge in [-0.2, -0.15) is 0 Å². The minimum absolute atomic E-state index is 0.0374. The molecule has 3 aliphatic rings. The van der Waals surface area contributed by atoms with Crippen molar-refractivity contribution < 1.29 is 47.6 Å². The first-order chi connectivity index (χ1) is 26.3. The van der Waals surface area contributed by atoms with Gasteiger partial charge in [0.2, 0.25) is 5.60 Å². The van der Waals surface area contributed by atoms with Crippen molar-refractivity contribution in [2.24, 2.45) is 0 Å². The molecule has 15 heteroatoms. The van der Waals surface area contributed by atoms with Crippen molar-refractivity contribution in [3.8, 4) is 5.69 Å². The summed E-state index contributed by atoms with van der Waals surface area (Å²) in [5, 5.41) is 1.62. The minimum atomic E-state index is -1.79. The fourth-order valence-corrected chi connectivity index (χ4v) is 9.85. The molecule has 3 aliphatic heterocycles. The summed E-state index contributed by atoms with van der Waals surface area (Å²) in [5.41, 5.74) is 1.33. The Labute approximate surface area is 321 Å². The highest BCUT2D eigenvalue weighted by atomic mass is 33.1. The van der Waals surface area contributed by atoms with E-state index >= 15 is 0 Å². The van der Waals surface area contributed by atoms with Crippen molar-refractivity contribution in [3.05, 3.63) is 69.3 Å². The molecule has 2 unspecified atom stereocenters. The molecular formula is C39H46N2O11S2. The second-order valence-corrected chi connectivity index (χ2v) is 16.1. The smallest absolute Gasteiger partial charge is 0.355 e. The van der Waals surface area contributed by atoms with E-state index in [2.05, 4.69) is 0 Å². The molecule has 0 N–H and O–H groups in total. The van der Waals surface area contributed by atoms with Gasteiger partial charge in [0.25, 0.3) is 5.56 Å². The maximum Gasteiger partial charge on any atom is 0.355 e. The fraction of sp³-hybridized carbons (Fsp3) is 0.538. The number of carbonyl (C=O) groups excluding carboxylic acids is 4. The van der Waals surface area contributed by atoms with Gasteiger partial charge in [-0.1, -0.05) is 53.1 Å². The highest BCUT2D eigenvalue weighted by molar-refractivity contribution is 8.77. The summed E-state index contributed by atoms with van der Waals surface area (Å²) >= 11 is 0. The van der Waals surface area contributed by atoms with Crippen LogP contribution in [0.2, 0.25) is 0 Å². The topological polar surface area (TPSA) is 159 Å². The van der Waals surface area contributed by atoms with Gasteiger partial charge < -0.3 is 28.4 Å². The van der Waals surface area contributed by atoms with Crippen molar-refractivity contribution >= 4 is 56.4 Å². The molecule has 1 fully saturated rings. The maximum atomic E-state index is 13.8. The molecule has 13 nitrogen and oxygen atoms in total. The quantitative estimate of drug-likeness (QED) is 0.0479. The van der Waals surface area contributed by atoms with Gasteiger partial charge in [0.1, 0.15) is 19.8 Å². The number of carbonyl (C=O) groups is 4. The van der Waals surface area contributed by atoms with E-state index in [0.717, 1.165) is 41.1 Å². The van der Waals surface area contributed by atoms with Crippen LogP contribution in [0.1, 0.15) is 87.2 Å².